The normalized spacial score (nSPS) is 11.7. The highest BCUT2D eigenvalue weighted by atomic mass is 32.1. The molecule has 0 aliphatic heterocycles. The van der Waals surface area contributed by atoms with Crippen LogP contribution in [-0.2, 0) is 6.54 Å². The molecule has 0 fully saturated rings. The van der Waals surface area contributed by atoms with Gasteiger partial charge in [0.1, 0.15) is 4.83 Å². The van der Waals surface area contributed by atoms with E-state index in [2.05, 4.69) is 34.2 Å². The van der Waals surface area contributed by atoms with E-state index >= 15 is 0 Å². The van der Waals surface area contributed by atoms with Gasteiger partial charge in [0.2, 0.25) is 0 Å². The maximum Gasteiger partial charge on any atom is 0.323 e. The Morgan fingerprint density at radius 2 is 2.04 bits per heavy atom. The van der Waals surface area contributed by atoms with Gasteiger partial charge in [0.15, 0.2) is 0 Å². The molecule has 0 bridgehead atoms. The second-order valence-corrected chi connectivity index (χ2v) is 7.82. The summed E-state index contributed by atoms with van der Waals surface area (Å²) < 4.78 is 1.98. The highest BCUT2D eigenvalue weighted by Gasteiger charge is 2.17. The molecular weight excluding hydrogens is 350 g/mol. The van der Waals surface area contributed by atoms with Gasteiger partial charge in [0.25, 0.3) is 5.91 Å². The molecule has 0 atom stereocenters. The predicted molar refractivity (Wildman–Crippen MR) is 104 cm³/mol. The number of imidazole rings is 1. The standard InChI is InChI=1S/C18H19N5O2S/c1-9(2)8-23-17-12(10(3)22-23)7-15(26-17)16(24)19-11-4-5-13-14(6-11)21-18(25)20-13/h4-7,9H,8H2,1-3H3,(H,19,24)(H2,20,21,25). The van der Waals surface area contributed by atoms with Crippen molar-refractivity contribution in [2.24, 2.45) is 5.92 Å². The van der Waals surface area contributed by atoms with Crippen molar-refractivity contribution in [2.75, 3.05) is 5.32 Å². The topological polar surface area (TPSA) is 95.6 Å². The number of hydrogen-bond acceptors (Lipinski definition) is 4. The first-order valence-corrected chi connectivity index (χ1v) is 9.22. The molecule has 0 saturated heterocycles. The third-order valence-electron chi connectivity index (χ3n) is 4.14. The van der Waals surface area contributed by atoms with Crippen molar-refractivity contribution < 1.29 is 4.79 Å². The quantitative estimate of drug-likeness (QED) is 0.514. The Labute approximate surface area is 153 Å². The Balaban J connectivity index is 1.63. The maximum atomic E-state index is 12.7. The first kappa shape index (κ1) is 16.6. The molecule has 4 rings (SSSR count). The lowest BCUT2D eigenvalue weighted by Crippen LogP contribution is -2.10. The van der Waals surface area contributed by atoms with E-state index in [9.17, 15) is 9.59 Å². The van der Waals surface area contributed by atoms with Crippen molar-refractivity contribution in [1.82, 2.24) is 19.7 Å². The first-order chi connectivity index (χ1) is 12.4. The molecule has 7 nitrogen and oxygen atoms in total. The second kappa shape index (κ2) is 6.14. The van der Waals surface area contributed by atoms with E-state index < -0.39 is 0 Å². The Morgan fingerprint density at radius 3 is 2.81 bits per heavy atom. The fraction of sp³-hybridized carbons (Fsp3) is 0.278. The molecule has 4 aromatic rings. The molecule has 0 aliphatic carbocycles. The molecule has 1 aromatic carbocycles. The van der Waals surface area contributed by atoms with Crippen molar-refractivity contribution in [3.8, 4) is 0 Å². The van der Waals surface area contributed by atoms with Gasteiger partial charge in [-0.1, -0.05) is 13.8 Å². The van der Waals surface area contributed by atoms with Gasteiger partial charge in [0.05, 0.1) is 21.6 Å². The number of nitrogens with one attached hydrogen (secondary N) is 3. The first-order valence-electron chi connectivity index (χ1n) is 8.41. The molecule has 3 N–H and O–H groups in total. The average molecular weight is 369 g/mol. The number of anilines is 1. The summed E-state index contributed by atoms with van der Waals surface area (Å²) in [5.41, 5.74) is 2.67. The van der Waals surface area contributed by atoms with E-state index in [4.69, 9.17) is 0 Å². The van der Waals surface area contributed by atoms with Crippen LogP contribution in [0.3, 0.4) is 0 Å². The highest BCUT2D eigenvalue weighted by Crippen LogP contribution is 2.29. The Morgan fingerprint density at radius 1 is 1.27 bits per heavy atom. The molecule has 8 heteroatoms. The number of aryl methyl sites for hydroxylation is 1. The van der Waals surface area contributed by atoms with E-state index in [1.54, 1.807) is 18.2 Å². The van der Waals surface area contributed by atoms with Crippen molar-refractivity contribution >= 4 is 44.2 Å². The lowest BCUT2D eigenvalue weighted by atomic mass is 10.2. The summed E-state index contributed by atoms with van der Waals surface area (Å²) in [4.78, 5) is 31.0. The molecule has 0 aliphatic rings. The van der Waals surface area contributed by atoms with Gasteiger partial charge in [-0.15, -0.1) is 11.3 Å². The summed E-state index contributed by atoms with van der Waals surface area (Å²) in [7, 11) is 0. The van der Waals surface area contributed by atoms with E-state index in [-0.39, 0.29) is 11.6 Å². The van der Waals surface area contributed by atoms with Crippen LogP contribution >= 0.6 is 11.3 Å². The van der Waals surface area contributed by atoms with Crippen LogP contribution in [0.25, 0.3) is 21.3 Å². The zero-order chi connectivity index (χ0) is 18.4. The summed E-state index contributed by atoms with van der Waals surface area (Å²) in [6.45, 7) is 7.07. The smallest absolute Gasteiger partial charge is 0.321 e. The molecule has 3 aromatic heterocycles. The molecule has 3 heterocycles. The van der Waals surface area contributed by atoms with Crippen LogP contribution in [-0.4, -0.2) is 25.7 Å². The van der Waals surface area contributed by atoms with Gasteiger partial charge in [0, 0.05) is 17.6 Å². The van der Waals surface area contributed by atoms with Crippen molar-refractivity contribution in [3.05, 3.63) is 45.3 Å². The third-order valence-corrected chi connectivity index (χ3v) is 5.29. The third kappa shape index (κ3) is 2.92. The van der Waals surface area contributed by atoms with Crippen LogP contribution in [0.15, 0.2) is 29.1 Å². The van der Waals surface area contributed by atoms with Crippen LogP contribution in [0.2, 0.25) is 0 Å². The zero-order valence-corrected chi connectivity index (χ0v) is 15.5. The fourth-order valence-electron chi connectivity index (χ4n) is 3.00. The summed E-state index contributed by atoms with van der Waals surface area (Å²) in [6, 6.07) is 7.16. The van der Waals surface area contributed by atoms with Gasteiger partial charge >= 0.3 is 5.69 Å². The number of H-pyrrole nitrogens is 2. The van der Waals surface area contributed by atoms with Crippen LogP contribution in [0.5, 0.6) is 0 Å². The van der Waals surface area contributed by atoms with E-state index in [1.807, 2.05) is 17.7 Å². The number of aromatic amines is 2. The minimum Gasteiger partial charge on any atom is -0.321 e. The summed E-state index contributed by atoms with van der Waals surface area (Å²) in [5.74, 6) is 0.311. The van der Waals surface area contributed by atoms with E-state index in [0.717, 1.165) is 22.5 Å². The van der Waals surface area contributed by atoms with Gasteiger partial charge < -0.3 is 15.3 Å². The summed E-state index contributed by atoms with van der Waals surface area (Å²) in [5, 5.41) is 8.48. The van der Waals surface area contributed by atoms with Crippen LogP contribution in [0, 0.1) is 12.8 Å². The molecule has 0 radical (unpaired) electrons. The number of hydrogen-bond donors (Lipinski definition) is 3. The Kier molecular flexibility index (Phi) is 3.91. The molecule has 0 unspecified atom stereocenters. The maximum absolute atomic E-state index is 12.7. The van der Waals surface area contributed by atoms with E-state index in [0.29, 0.717) is 27.5 Å². The number of benzene rings is 1. The molecule has 134 valence electrons. The molecule has 0 saturated carbocycles. The van der Waals surface area contributed by atoms with Crippen molar-refractivity contribution in [3.63, 3.8) is 0 Å². The zero-order valence-electron chi connectivity index (χ0n) is 14.7. The molecule has 0 spiro atoms. The second-order valence-electron chi connectivity index (χ2n) is 6.78. The Bertz CT molecular complexity index is 1180. The van der Waals surface area contributed by atoms with Crippen LogP contribution in [0.4, 0.5) is 5.69 Å². The predicted octanol–water partition coefficient (Wildman–Crippen LogP) is 3.48. The van der Waals surface area contributed by atoms with E-state index in [1.165, 1.54) is 11.3 Å². The molecule has 26 heavy (non-hydrogen) atoms. The van der Waals surface area contributed by atoms with Crippen LogP contribution in [0.1, 0.15) is 29.2 Å². The highest BCUT2D eigenvalue weighted by molar-refractivity contribution is 7.20. The van der Waals surface area contributed by atoms with Crippen molar-refractivity contribution in [2.45, 2.75) is 27.3 Å². The molecule has 1 amide bonds. The summed E-state index contributed by atoms with van der Waals surface area (Å²) in [6.07, 6.45) is 0. The van der Waals surface area contributed by atoms with Gasteiger partial charge in [-0.05, 0) is 37.1 Å². The lowest BCUT2D eigenvalue weighted by Gasteiger charge is -2.05. The number of carbonyl (C=O) groups excluding carboxylic acids is 1. The lowest BCUT2D eigenvalue weighted by molar-refractivity contribution is 0.103. The largest absolute Gasteiger partial charge is 0.323 e. The van der Waals surface area contributed by atoms with Gasteiger partial charge in [-0.3, -0.25) is 9.48 Å². The number of thiophene rings is 1. The number of fused-ring (bicyclic) bond motifs is 2. The minimum absolute atomic E-state index is 0.168. The number of nitrogens with zero attached hydrogens (tertiary/aromatic N) is 2. The average Bonchev–Trinajstić information content (AvgIpc) is 3.22. The fourth-order valence-corrected chi connectivity index (χ4v) is 4.06. The monoisotopic (exact) mass is 369 g/mol. The number of aromatic nitrogens is 4. The van der Waals surface area contributed by atoms with Gasteiger partial charge in [-0.2, -0.15) is 5.10 Å². The van der Waals surface area contributed by atoms with Crippen LogP contribution < -0.4 is 11.0 Å². The van der Waals surface area contributed by atoms with Crippen molar-refractivity contribution in [1.29, 1.82) is 0 Å². The number of amides is 1. The SMILES string of the molecule is Cc1nn(CC(C)C)c2sc(C(=O)Nc3ccc4[nH]c(=O)[nH]c4c3)cc12. The molecular formula is C18H19N5O2S. The Hall–Kier alpha value is -2.87. The minimum atomic E-state index is -0.266. The number of rotatable bonds is 4. The number of carbonyl (C=O) groups is 1. The summed E-state index contributed by atoms with van der Waals surface area (Å²) >= 11 is 1.45. The van der Waals surface area contributed by atoms with Gasteiger partial charge in [-0.25, -0.2) is 4.79 Å².